The van der Waals surface area contributed by atoms with Gasteiger partial charge in [-0.1, -0.05) is 6.07 Å². The van der Waals surface area contributed by atoms with Gasteiger partial charge in [-0.25, -0.2) is 9.18 Å². The van der Waals surface area contributed by atoms with Gasteiger partial charge in [0.05, 0.1) is 0 Å². The van der Waals surface area contributed by atoms with Crippen molar-refractivity contribution in [3.05, 3.63) is 30.1 Å². The largest absolute Gasteiger partial charge is 0.444 e. The number of hydrogen-bond donors (Lipinski definition) is 1. The number of hydrogen-bond acceptors (Lipinski definition) is 4. The fourth-order valence-electron chi connectivity index (χ4n) is 2.34. The Hall–Kier alpha value is -2.18. The maximum atomic E-state index is 14.1. The highest BCUT2D eigenvalue weighted by Gasteiger charge is 2.41. The molecule has 0 aliphatic carbocycles. The van der Waals surface area contributed by atoms with E-state index in [0.717, 1.165) is 5.69 Å². The molecule has 2 rings (SSSR count). The predicted octanol–water partition coefficient (Wildman–Crippen LogP) is 1.95. The molecule has 0 bridgehead atoms. The minimum Gasteiger partial charge on any atom is -0.444 e. The maximum Gasteiger partial charge on any atom is 0.410 e. The predicted molar refractivity (Wildman–Crippen MR) is 87.1 cm³/mol. The van der Waals surface area contributed by atoms with Gasteiger partial charge in [0.1, 0.15) is 5.60 Å². The first-order valence-electron chi connectivity index (χ1n) is 8.06. The second-order valence-electron chi connectivity index (χ2n) is 6.91. The van der Waals surface area contributed by atoms with E-state index < -0.39 is 29.7 Å². The van der Waals surface area contributed by atoms with Crippen LogP contribution < -0.4 is 5.32 Å². The van der Waals surface area contributed by atoms with Gasteiger partial charge < -0.3 is 15.0 Å². The number of likely N-dealkylation sites (tertiary alicyclic amines) is 1. The van der Waals surface area contributed by atoms with Gasteiger partial charge in [-0.15, -0.1) is 0 Å². The lowest BCUT2D eigenvalue weighted by molar-refractivity contribution is -0.130. The van der Waals surface area contributed by atoms with Crippen LogP contribution >= 0.6 is 0 Å². The molecule has 7 heteroatoms. The Morgan fingerprint density at radius 3 is 2.71 bits per heavy atom. The van der Waals surface area contributed by atoms with Crippen molar-refractivity contribution in [2.75, 3.05) is 19.6 Å². The smallest absolute Gasteiger partial charge is 0.410 e. The molecule has 1 saturated heterocycles. The molecule has 132 valence electrons. The van der Waals surface area contributed by atoms with Gasteiger partial charge in [-0.3, -0.25) is 9.78 Å². The molecule has 1 aliphatic rings. The van der Waals surface area contributed by atoms with Crippen LogP contribution in [0.2, 0.25) is 0 Å². The van der Waals surface area contributed by atoms with Crippen LogP contribution in [-0.4, -0.2) is 53.3 Å². The Morgan fingerprint density at radius 2 is 2.12 bits per heavy atom. The summed E-state index contributed by atoms with van der Waals surface area (Å²) in [6.45, 7) is 6.05. The van der Waals surface area contributed by atoms with E-state index >= 15 is 0 Å². The van der Waals surface area contributed by atoms with Gasteiger partial charge in [0.2, 0.25) is 0 Å². The number of halogens is 1. The van der Waals surface area contributed by atoms with Gasteiger partial charge in [0.25, 0.3) is 5.91 Å². The minimum absolute atomic E-state index is 0.198. The average molecular weight is 337 g/mol. The van der Waals surface area contributed by atoms with Crippen LogP contribution in [0.25, 0.3) is 0 Å². The minimum atomic E-state index is -1.62. The van der Waals surface area contributed by atoms with Crippen molar-refractivity contribution in [1.82, 2.24) is 15.2 Å². The lowest BCUT2D eigenvalue weighted by Gasteiger charge is -2.40. The molecule has 0 aromatic carbocycles. The zero-order valence-corrected chi connectivity index (χ0v) is 14.3. The van der Waals surface area contributed by atoms with Crippen LogP contribution in [0.15, 0.2) is 24.4 Å². The van der Waals surface area contributed by atoms with E-state index in [2.05, 4.69) is 10.3 Å². The first kappa shape index (κ1) is 18.2. The highest BCUT2D eigenvalue weighted by Crippen LogP contribution is 2.24. The summed E-state index contributed by atoms with van der Waals surface area (Å²) in [6, 6.07) is 5.53. The summed E-state index contributed by atoms with van der Waals surface area (Å²) in [7, 11) is 0. The molecule has 1 unspecified atom stereocenters. The highest BCUT2D eigenvalue weighted by atomic mass is 19.1. The molecule has 1 atom stereocenters. The standard InChI is InChI=1S/C17H24FN3O3/c1-17(2,3)24-16(23)21-10-12(11-21)14(18)15(22)20-9-7-13-6-4-5-8-19-13/h4-6,8,12,14H,7,9-11H2,1-3H3,(H,20,22). The van der Waals surface area contributed by atoms with Crippen molar-refractivity contribution >= 4 is 12.0 Å². The Morgan fingerprint density at radius 1 is 1.42 bits per heavy atom. The fraction of sp³-hybridized carbons (Fsp3) is 0.588. The Balaban J connectivity index is 1.68. The van der Waals surface area contributed by atoms with Crippen molar-refractivity contribution in [3.63, 3.8) is 0 Å². The summed E-state index contributed by atoms with van der Waals surface area (Å²) >= 11 is 0. The van der Waals surface area contributed by atoms with Crippen LogP contribution in [0.5, 0.6) is 0 Å². The first-order chi connectivity index (χ1) is 11.3. The van der Waals surface area contributed by atoms with Crippen molar-refractivity contribution in [1.29, 1.82) is 0 Å². The zero-order valence-electron chi connectivity index (χ0n) is 14.3. The summed E-state index contributed by atoms with van der Waals surface area (Å²) in [4.78, 5) is 29.2. The van der Waals surface area contributed by atoms with Crippen LogP contribution in [0.3, 0.4) is 0 Å². The number of alkyl halides is 1. The molecule has 2 amide bonds. The second-order valence-corrected chi connectivity index (χ2v) is 6.91. The van der Waals surface area contributed by atoms with E-state index in [0.29, 0.717) is 13.0 Å². The number of amides is 2. The van der Waals surface area contributed by atoms with Crippen LogP contribution in [0.4, 0.5) is 9.18 Å². The third-order valence-electron chi connectivity index (χ3n) is 3.63. The third kappa shape index (κ3) is 5.18. The highest BCUT2D eigenvalue weighted by molar-refractivity contribution is 5.81. The van der Waals surface area contributed by atoms with E-state index in [1.165, 1.54) is 4.90 Å². The molecule has 24 heavy (non-hydrogen) atoms. The van der Waals surface area contributed by atoms with Crippen molar-refractivity contribution in [2.24, 2.45) is 5.92 Å². The number of pyridine rings is 1. The van der Waals surface area contributed by atoms with Gasteiger partial charge in [-0.05, 0) is 32.9 Å². The molecule has 1 aromatic heterocycles. The second kappa shape index (κ2) is 7.59. The number of rotatable bonds is 5. The quantitative estimate of drug-likeness (QED) is 0.891. The molecule has 1 fully saturated rings. The topological polar surface area (TPSA) is 71.5 Å². The number of ether oxygens (including phenoxy) is 1. The molecular weight excluding hydrogens is 313 g/mol. The molecule has 1 aromatic rings. The number of carbonyl (C=O) groups excluding carboxylic acids is 2. The van der Waals surface area contributed by atoms with Crippen LogP contribution in [-0.2, 0) is 16.0 Å². The fourth-order valence-corrected chi connectivity index (χ4v) is 2.34. The van der Waals surface area contributed by atoms with E-state index in [-0.39, 0.29) is 13.1 Å². The molecule has 0 saturated carbocycles. The molecule has 6 nitrogen and oxygen atoms in total. The SMILES string of the molecule is CC(C)(C)OC(=O)N1CC(C(F)C(=O)NCCc2ccccn2)C1. The normalized spacial score (nSPS) is 16.2. The maximum absolute atomic E-state index is 14.1. The van der Waals surface area contributed by atoms with E-state index in [1.54, 1.807) is 27.0 Å². The van der Waals surface area contributed by atoms with Gasteiger partial charge in [0, 0.05) is 43.9 Å². The summed E-state index contributed by atoms with van der Waals surface area (Å²) < 4.78 is 19.3. The van der Waals surface area contributed by atoms with Gasteiger partial charge in [0.15, 0.2) is 6.17 Å². The van der Waals surface area contributed by atoms with Crippen molar-refractivity contribution in [2.45, 2.75) is 39.0 Å². The lowest BCUT2D eigenvalue weighted by Crippen LogP contribution is -2.57. The van der Waals surface area contributed by atoms with Crippen molar-refractivity contribution < 1.29 is 18.7 Å². The molecule has 2 heterocycles. The van der Waals surface area contributed by atoms with Gasteiger partial charge >= 0.3 is 6.09 Å². The number of nitrogens with one attached hydrogen (secondary N) is 1. The first-order valence-corrected chi connectivity index (χ1v) is 8.06. The van der Waals surface area contributed by atoms with Crippen LogP contribution in [0, 0.1) is 5.92 Å². The van der Waals surface area contributed by atoms with Crippen LogP contribution in [0.1, 0.15) is 26.5 Å². The number of aromatic nitrogens is 1. The Labute approximate surface area is 141 Å². The van der Waals surface area contributed by atoms with Gasteiger partial charge in [-0.2, -0.15) is 0 Å². The molecule has 1 aliphatic heterocycles. The monoisotopic (exact) mass is 337 g/mol. The van der Waals surface area contributed by atoms with E-state index in [9.17, 15) is 14.0 Å². The summed E-state index contributed by atoms with van der Waals surface area (Å²) in [6.07, 6.45) is 0.136. The summed E-state index contributed by atoms with van der Waals surface area (Å²) in [5.74, 6) is -1.12. The molecule has 0 spiro atoms. The molecule has 0 radical (unpaired) electrons. The average Bonchev–Trinajstić information content (AvgIpc) is 2.44. The number of carbonyl (C=O) groups is 2. The van der Waals surface area contributed by atoms with E-state index in [4.69, 9.17) is 4.74 Å². The summed E-state index contributed by atoms with van der Waals surface area (Å²) in [5.41, 5.74) is 0.257. The summed E-state index contributed by atoms with van der Waals surface area (Å²) in [5, 5.41) is 2.57. The van der Waals surface area contributed by atoms with Crippen molar-refractivity contribution in [3.8, 4) is 0 Å². The number of nitrogens with zero attached hydrogens (tertiary/aromatic N) is 2. The third-order valence-corrected chi connectivity index (χ3v) is 3.63. The lowest BCUT2D eigenvalue weighted by atomic mass is 9.94. The van der Waals surface area contributed by atoms with E-state index in [1.807, 2.05) is 18.2 Å². The Bertz CT molecular complexity index is 568. The zero-order chi connectivity index (χ0) is 17.7. The molecule has 1 N–H and O–H groups in total. The molecular formula is C17H24FN3O3. The Kier molecular flexibility index (Phi) is 5.75.